The number of aliphatic hydroxyl groups excluding tert-OH is 1. The molecule has 3 nitrogen and oxygen atoms in total. The third-order valence-corrected chi connectivity index (χ3v) is 3.28. The monoisotopic (exact) mass is 261 g/mol. The van der Waals surface area contributed by atoms with E-state index in [0.717, 1.165) is 12.8 Å². The molecule has 0 heterocycles. The first kappa shape index (κ1) is 13.6. The first-order valence-corrected chi connectivity index (χ1v) is 6.32. The summed E-state index contributed by atoms with van der Waals surface area (Å²) in [5.41, 5.74) is 0.645. The van der Waals surface area contributed by atoms with E-state index in [2.05, 4.69) is 17.2 Å². The van der Waals surface area contributed by atoms with Crippen LogP contribution in [0.2, 0.25) is 0 Å². The van der Waals surface area contributed by atoms with Gasteiger partial charge in [0.05, 0.1) is 5.69 Å². The molecule has 1 saturated carbocycles. The third-order valence-electron chi connectivity index (χ3n) is 3.28. The van der Waals surface area contributed by atoms with Gasteiger partial charge >= 0.3 is 0 Å². The van der Waals surface area contributed by atoms with E-state index >= 15 is 0 Å². The van der Waals surface area contributed by atoms with E-state index in [0.29, 0.717) is 11.5 Å². The average molecular weight is 261 g/mol. The molecule has 100 valence electrons. The first-order valence-electron chi connectivity index (χ1n) is 6.32. The molecule has 0 saturated heterocycles. The molecule has 1 aromatic carbocycles. The van der Waals surface area contributed by atoms with Crippen LogP contribution < -0.4 is 5.32 Å². The van der Waals surface area contributed by atoms with Crippen LogP contribution in [-0.4, -0.2) is 17.6 Å². The number of benzene rings is 1. The summed E-state index contributed by atoms with van der Waals surface area (Å²) < 4.78 is 13.8. The third kappa shape index (κ3) is 3.55. The van der Waals surface area contributed by atoms with Crippen molar-refractivity contribution in [3.63, 3.8) is 0 Å². The molecule has 0 aliphatic heterocycles. The summed E-state index contributed by atoms with van der Waals surface area (Å²) in [6.07, 6.45) is 2.15. The van der Waals surface area contributed by atoms with Gasteiger partial charge in [0.2, 0.25) is 5.91 Å². The first-order chi connectivity index (χ1) is 9.11. The molecule has 19 heavy (non-hydrogen) atoms. The molecule has 1 aromatic rings. The number of amides is 1. The van der Waals surface area contributed by atoms with Crippen LogP contribution in [-0.2, 0) is 4.79 Å². The fourth-order valence-electron chi connectivity index (χ4n) is 1.89. The van der Waals surface area contributed by atoms with Crippen LogP contribution in [0.25, 0.3) is 0 Å². The Morgan fingerprint density at radius 3 is 2.89 bits per heavy atom. The average Bonchev–Trinajstić information content (AvgIpc) is 3.22. The minimum Gasteiger partial charge on any atom is -0.384 e. The van der Waals surface area contributed by atoms with E-state index in [1.54, 1.807) is 6.07 Å². The van der Waals surface area contributed by atoms with E-state index in [1.165, 1.54) is 12.1 Å². The van der Waals surface area contributed by atoms with Crippen molar-refractivity contribution in [3.8, 4) is 11.8 Å². The van der Waals surface area contributed by atoms with E-state index < -0.39 is 5.82 Å². The molecule has 1 aliphatic rings. The van der Waals surface area contributed by atoms with E-state index in [4.69, 9.17) is 5.11 Å². The quantitative estimate of drug-likeness (QED) is 0.819. The number of hydrogen-bond donors (Lipinski definition) is 2. The largest absolute Gasteiger partial charge is 0.384 e. The van der Waals surface area contributed by atoms with Crippen molar-refractivity contribution in [3.05, 3.63) is 29.6 Å². The molecule has 0 spiro atoms. The van der Waals surface area contributed by atoms with Gasteiger partial charge in [0.1, 0.15) is 12.4 Å². The number of carbonyl (C=O) groups is 1. The zero-order valence-corrected chi connectivity index (χ0v) is 10.7. The van der Waals surface area contributed by atoms with Crippen molar-refractivity contribution in [2.24, 2.45) is 11.8 Å². The molecule has 2 N–H and O–H groups in total. The SMILES string of the molecule is CC(C(=O)Nc1ccc(C#CCO)cc1F)C1CC1. The Labute approximate surface area is 111 Å². The second-order valence-corrected chi connectivity index (χ2v) is 4.77. The summed E-state index contributed by atoms with van der Waals surface area (Å²) in [6, 6.07) is 4.36. The number of halogens is 1. The van der Waals surface area contributed by atoms with Gasteiger partial charge in [-0.25, -0.2) is 4.39 Å². The predicted molar refractivity (Wildman–Crippen MR) is 70.9 cm³/mol. The highest BCUT2D eigenvalue weighted by Crippen LogP contribution is 2.37. The van der Waals surface area contributed by atoms with Gasteiger partial charge < -0.3 is 10.4 Å². The fourth-order valence-corrected chi connectivity index (χ4v) is 1.89. The van der Waals surface area contributed by atoms with Gasteiger partial charge in [-0.05, 0) is 37.0 Å². The maximum Gasteiger partial charge on any atom is 0.227 e. The Balaban J connectivity index is 2.06. The Morgan fingerprint density at radius 2 is 2.32 bits per heavy atom. The van der Waals surface area contributed by atoms with Gasteiger partial charge in [-0.1, -0.05) is 18.8 Å². The number of hydrogen-bond acceptors (Lipinski definition) is 2. The van der Waals surface area contributed by atoms with Crippen LogP contribution >= 0.6 is 0 Å². The highest BCUT2D eigenvalue weighted by Gasteiger charge is 2.32. The van der Waals surface area contributed by atoms with Crippen LogP contribution in [0.5, 0.6) is 0 Å². The van der Waals surface area contributed by atoms with Crippen LogP contribution in [0, 0.1) is 29.5 Å². The van der Waals surface area contributed by atoms with E-state index in [-0.39, 0.29) is 24.1 Å². The molecule has 2 rings (SSSR count). The predicted octanol–water partition coefficient (Wildman–Crippen LogP) is 2.15. The summed E-state index contributed by atoms with van der Waals surface area (Å²) in [6.45, 7) is 1.60. The second kappa shape index (κ2) is 5.85. The number of carbonyl (C=O) groups excluding carboxylic acids is 1. The van der Waals surface area contributed by atoms with Crippen molar-refractivity contribution in [2.75, 3.05) is 11.9 Å². The van der Waals surface area contributed by atoms with Crippen LogP contribution in [0.15, 0.2) is 18.2 Å². The van der Waals surface area contributed by atoms with E-state index in [1.807, 2.05) is 6.92 Å². The summed E-state index contributed by atoms with van der Waals surface area (Å²) in [4.78, 5) is 11.9. The lowest BCUT2D eigenvalue weighted by Crippen LogP contribution is -2.22. The zero-order chi connectivity index (χ0) is 13.8. The van der Waals surface area contributed by atoms with E-state index in [9.17, 15) is 9.18 Å². The van der Waals surface area contributed by atoms with Gasteiger partial charge in [0, 0.05) is 11.5 Å². The summed E-state index contributed by atoms with van der Waals surface area (Å²) >= 11 is 0. The minimum absolute atomic E-state index is 0.0757. The van der Waals surface area contributed by atoms with Crippen LogP contribution in [0.1, 0.15) is 25.3 Å². The van der Waals surface area contributed by atoms with Crippen molar-refractivity contribution in [2.45, 2.75) is 19.8 Å². The minimum atomic E-state index is -0.513. The molecule has 1 unspecified atom stereocenters. The maximum absolute atomic E-state index is 13.8. The van der Waals surface area contributed by atoms with Crippen molar-refractivity contribution >= 4 is 11.6 Å². The Kier molecular flexibility index (Phi) is 4.18. The van der Waals surface area contributed by atoms with Gasteiger partial charge in [-0.2, -0.15) is 0 Å². The second-order valence-electron chi connectivity index (χ2n) is 4.77. The number of nitrogens with one attached hydrogen (secondary N) is 1. The zero-order valence-electron chi connectivity index (χ0n) is 10.7. The lowest BCUT2D eigenvalue weighted by atomic mass is 10.1. The summed E-state index contributed by atoms with van der Waals surface area (Å²) in [7, 11) is 0. The highest BCUT2D eigenvalue weighted by atomic mass is 19.1. The van der Waals surface area contributed by atoms with Crippen LogP contribution in [0.4, 0.5) is 10.1 Å². The van der Waals surface area contributed by atoms with Crippen molar-refractivity contribution < 1.29 is 14.3 Å². The Morgan fingerprint density at radius 1 is 1.58 bits per heavy atom. The smallest absolute Gasteiger partial charge is 0.227 e. The van der Waals surface area contributed by atoms with Gasteiger partial charge in [0.25, 0.3) is 0 Å². The van der Waals surface area contributed by atoms with Crippen LogP contribution in [0.3, 0.4) is 0 Å². The molecule has 0 aromatic heterocycles. The number of anilines is 1. The number of rotatable bonds is 3. The maximum atomic E-state index is 13.8. The van der Waals surface area contributed by atoms with Crippen molar-refractivity contribution in [1.82, 2.24) is 0 Å². The molecule has 1 atom stereocenters. The van der Waals surface area contributed by atoms with Gasteiger partial charge in [-0.3, -0.25) is 4.79 Å². The standard InChI is InChI=1S/C15H16FNO2/c1-10(12-5-6-12)15(19)17-14-7-4-11(3-2-8-18)9-13(14)16/h4,7,9-10,12,18H,5-6,8H2,1H3,(H,17,19). The summed E-state index contributed by atoms with van der Waals surface area (Å²) in [5.74, 6) is 4.77. The molecule has 0 radical (unpaired) electrons. The number of aliphatic hydroxyl groups is 1. The van der Waals surface area contributed by atoms with Gasteiger partial charge in [0.15, 0.2) is 0 Å². The molecule has 1 fully saturated rings. The molecule has 0 bridgehead atoms. The fraction of sp³-hybridized carbons (Fsp3) is 0.400. The Hall–Kier alpha value is -1.86. The molecular formula is C15H16FNO2. The lowest BCUT2D eigenvalue weighted by Gasteiger charge is -2.11. The van der Waals surface area contributed by atoms with Gasteiger partial charge in [-0.15, -0.1) is 0 Å². The molecule has 1 amide bonds. The summed E-state index contributed by atoms with van der Waals surface area (Å²) in [5, 5.41) is 11.2. The molecular weight excluding hydrogens is 245 g/mol. The molecule has 1 aliphatic carbocycles. The lowest BCUT2D eigenvalue weighted by molar-refractivity contribution is -0.119. The Bertz CT molecular complexity index is 541. The highest BCUT2D eigenvalue weighted by molar-refractivity contribution is 5.92. The van der Waals surface area contributed by atoms with Crippen molar-refractivity contribution in [1.29, 1.82) is 0 Å². The topological polar surface area (TPSA) is 49.3 Å². The molecule has 4 heteroatoms. The normalized spacial score (nSPS) is 15.3.